The van der Waals surface area contributed by atoms with Crippen molar-refractivity contribution in [3.05, 3.63) is 41.2 Å². The molecule has 1 N–H and O–H groups in total. The zero-order valence-electron chi connectivity index (χ0n) is 12.2. The molecular formula is C15H16N4OS. The highest BCUT2D eigenvalue weighted by atomic mass is 32.1. The Labute approximate surface area is 126 Å². The van der Waals surface area contributed by atoms with Crippen LogP contribution in [0.15, 0.2) is 24.4 Å². The largest absolute Gasteiger partial charge is 0.298 e. The molecule has 0 bridgehead atoms. The first-order valence-electron chi connectivity index (χ1n) is 6.79. The van der Waals surface area contributed by atoms with Crippen molar-refractivity contribution >= 4 is 32.6 Å². The lowest BCUT2D eigenvalue weighted by molar-refractivity contribution is 0.102. The third-order valence-electron chi connectivity index (χ3n) is 3.41. The summed E-state index contributed by atoms with van der Waals surface area (Å²) in [6.45, 7) is 6.68. The number of nitrogens with one attached hydrogen (secondary N) is 1. The van der Waals surface area contributed by atoms with Crippen LogP contribution in [0.2, 0.25) is 0 Å². The Balaban J connectivity index is 1.87. The Kier molecular flexibility index (Phi) is 3.47. The average molecular weight is 300 g/mol. The first-order chi connectivity index (χ1) is 10.1. The van der Waals surface area contributed by atoms with Gasteiger partial charge >= 0.3 is 0 Å². The fourth-order valence-electron chi connectivity index (χ4n) is 2.24. The molecule has 0 saturated heterocycles. The van der Waals surface area contributed by atoms with Gasteiger partial charge in [0.2, 0.25) is 0 Å². The van der Waals surface area contributed by atoms with Gasteiger partial charge in [-0.3, -0.25) is 14.8 Å². The molecule has 0 aliphatic heterocycles. The first kappa shape index (κ1) is 13.8. The number of hydrogen-bond donors (Lipinski definition) is 1. The van der Waals surface area contributed by atoms with Crippen LogP contribution in [-0.2, 0) is 6.54 Å². The molecule has 3 rings (SSSR count). The van der Waals surface area contributed by atoms with E-state index in [1.165, 1.54) is 16.9 Å². The SMILES string of the molecule is CCn1ncc(C(=O)Nc2nc3ccc(C)cc3s2)c1C. The van der Waals surface area contributed by atoms with Gasteiger partial charge in [-0.15, -0.1) is 0 Å². The second-order valence-corrected chi connectivity index (χ2v) is 5.93. The van der Waals surface area contributed by atoms with Crippen LogP contribution >= 0.6 is 11.3 Å². The van der Waals surface area contributed by atoms with Gasteiger partial charge in [0, 0.05) is 12.2 Å². The molecule has 0 aliphatic rings. The molecule has 0 aliphatic carbocycles. The molecule has 2 heterocycles. The number of rotatable bonds is 3. The molecule has 0 unspecified atom stereocenters. The van der Waals surface area contributed by atoms with Gasteiger partial charge < -0.3 is 0 Å². The van der Waals surface area contributed by atoms with Crippen molar-refractivity contribution in [2.45, 2.75) is 27.3 Å². The van der Waals surface area contributed by atoms with E-state index in [0.717, 1.165) is 22.5 Å². The van der Waals surface area contributed by atoms with Gasteiger partial charge in [0.15, 0.2) is 5.13 Å². The number of aryl methyl sites for hydroxylation is 2. The maximum atomic E-state index is 12.3. The van der Waals surface area contributed by atoms with E-state index in [4.69, 9.17) is 0 Å². The standard InChI is InChI=1S/C15H16N4OS/c1-4-19-10(3)11(8-16-19)14(20)18-15-17-12-6-5-9(2)7-13(12)21-15/h5-8H,4H2,1-3H3,(H,17,18,20). The Morgan fingerprint density at radius 1 is 1.38 bits per heavy atom. The number of thiazole rings is 1. The molecule has 0 radical (unpaired) electrons. The van der Waals surface area contributed by atoms with Crippen molar-refractivity contribution in [3.63, 3.8) is 0 Å². The minimum absolute atomic E-state index is 0.164. The summed E-state index contributed by atoms with van der Waals surface area (Å²) >= 11 is 1.48. The van der Waals surface area contributed by atoms with Gasteiger partial charge in [-0.05, 0) is 38.5 Å². The van der Waals surface area contributed by atoms with E-state index in [1.54, 1.807) is 10.9 Å². The molecule has 0 atom stereocenters. The van der Waals surface area contributed by atoms with Crippen molar-refractivity contribution in [1.29, 1.82) is 0 Å². The van der Waals surface area contributed by atoms with E-state index in [0.29, 0.717) is 10.7 Å². The van der Waals surface area contributed by atoms with Crippen molar-refractivity contribution in [1.82, 2.24) is 14.8 Å². The highest BCUT2D eigenvalue weighted by Crippen LogP contribution is 2.27. The Morgan fingerprint density at radius 2 is 2.19 bits per heavy atom. The predicted molar refractivity (Wildman–Crippen MR) is 84.9 cm³/mol. The molecule has 6 heteroatoms. The van der Waals surface area contributed by atoms with E-state index in [2.05, 4.69) is 21.5 Å². The molecule has 5 nitrogen and oxygen atoms in total. The summed E-state index contributed by atoms with van der Waals surface area (Å²) in [6, 6.07) is 6.06. The van der Waals surface area contributed by atoms with Gasteiger partial charge in [0.1, 0.15) is 0 Å². The summed E-state index contributed by atoms with van der Waals surface area (Å²) in [5.74, 6) is -0.164. The summed E-state index contributed by atoms with van der Waals surface area (Å²) in [4.78, 5) is 16.7. The third kappa shape index (κ3) is 2.54. The Bertz CT molecular complexity index is 818. The number of amides is 1. The zero-order chi connectivity index (χ0) is 15.0. The van der Waals surface area contributed by atoms with Crippen LogP contribution in [0.1, 0.15) is 28.5 Å². The topological polar surface area (TPSA) is 59.8 Å². The van der Waals surface area contributed by atoms with Gasteiger partial charge in [-0.25, -0.2) is 4.98 Å². The van der Waals surface area contributed by atoms with Crippen LogP contribution in [0.25, 0.3) is 10.2 Å². The van der Waals surface area contributed by atoms with Crippen LogP contribution in [0.3, 0.4) is 0 Å². The highest BCUT2D eigenvalue weighted by molar-refractivity contribution is 7.22. The summed E-state index contributed by atoms with van der Waals surface area (Å²) in [5, 5.41) is 7.67. The molecule has 21 heavy (non-hydrogen) atoms. The lowest BCUT2D eigenvalue weighted by Crippen LogP contribution is -2.13. The molecule has 0 saturated carbocycles. The number of hydrogen-bond acceptors (Lipinski definition) is 4. The maximum absolute atomic E-state index is 12.3. The highest BCUT2D eigenvalue weighted by Gasteiger charge is 2.15. The smallest absolute Gasteiger partial charge is 0.260 e. The summed E-state index contributed by atoms with van der Waals surface area (Å²) in [6.07, 6.45) is 1.60. The molecule has 2 aromatic heterocycles. The van der Waals surface area contributed by atoms with Gasteiger partial charge in [-0.2, -0.15) is 5.10 Å². The third-order valence-corrected chi connectivity index (χ3v) is 4.35. The number of aromatic nitrogens is 3. The fraction of sp³-hybridized carbons (Fsp3) is 0.267. The van der Waals surface area contributed by atoms with E-state index in [1.807, 2.05) is 32.9 Å². The predicted octanol–water partition coefficient (Wildman–Crippen LogP) is 3.38. The van der Waals surface area contributed by atoms with Crippen molar-refractivity contribution in [2.24, 2.45) is 0 Å². The second-order valence-electron chi connectivity index (χ2n) is 4.90. The molecule has 0 spiro atoms. The Hall–Kier alpha value is -2.21. The number of nitrogens with zero attached hydrogens (tertiary/aromatic N) is 3. The molecular weight excluding hydrogens is 284 g/mol. The monoisotopic (exact) mass is 300 g/mol. The summed E-state index contributed by atoms with van der Waals surface area (Å²) < 4.78 is 2.88. The van der Waals surface area contributed by atoms with Gasteiger partial charge in [-0.1, -0.05) is 17.4 Å². The second kappa shape index (κ2) is 5.29. The first-order valence-corrected chi connectivity index (χ1v) is 7.61. The van der Waals surface area contributed by atoms with E-state index < -0.39 is 0 Å². The number of benzene rings is 1. The summed E-state index contributed by atoms with van der Waals surface area (Å²) in [7, 11) is 0. The minimum atomic E-state index is -0.164. The van der Waals surface area contributed by atoms with Crippen molar-refractivity contribution in [3.8, 4) is 0 Å². The molecule has 3 aromatic rings. The quantitative estimate of drug-likeness (QED) is 0.806. The summed E-state index contributed by atoms with van der Waals surface area (Å²) in [5.41, 5.74) is 3.55. The van der Waals surface area contributed by atoms with Crippen molar-refractivity contribution < 1.29 is 4.79 Å². The zero-order valence-corrected chi connectivity index (χ0v) is 13.0. The fourth-order valence-corrected chi connectivity index (χ4v) is 3.20. The van der Waals surface area contributed by atoms with Crippen LogP contribution in [-0.4, -0.2) is 20.7 Å². The normalized spacial score (nSPS) is 11.0. The van der Waals surface area contributed by atoms with Crippen LogP contribution in [0.4, 0.5) is 5.13 Å². The van der Waals surface area contributed by atoms with E-state index >= 15 is 0 Å². The van der Waals surface area contributed by atoms with Crippen LogP contribution in [0, 0.1) is 13.8 Å². The minimum Gasteiger partial charge on any atom is -0.298 e. The molecule has 1 amide bonds. The van der Waals surface area contributed by atoms with Gasteiger partial charge in [0.05, 0.1) is 22.0 Å². The van der Waals surface area contributed by atoms with Crippen LogP contribution in [0.5, 0.6) is 0 Å². The lowest BCUT2D eigenvalue weighted by Gasteiger charge is -2.02. The van der Waals surface area contributed by atoms with Gasteiger partial charge in [0.25, 0.3) is 5.91 Å². The average Bonchev–Trinajstić information content (AvgIpc) is 3.00. The van der Waals surface area contributed by atoms with E-state index in [-0.39, 0.29) is 5.91 Å². The number of carbonyl (C=O) groups is 1. The molecule has 0 fully saturated rings. The molecule has 108 valence electrons. The molecule has 1 aromatic carbocycles. The van der Waals surface area contributed by atoms with E-state index in [9.17, 15) is 4.79 Å². The number of anilines is 1. The van der Waals surface area contributed by atoms with Crippen LogP contribution < -0.4 is 5.32 Å². The Morgan fingerprint density at radius 3 is 2.90 bits per heavy atom. The maximum Gasteiger partial charge on any atom is 0.260 e. The van der Waals surface area contributed by atoms with Crippen molar-refractivity contribution in [2.75, 3.05) is 5.32 Å². The lowest BCUT2D eigenvalue weighted by atomic mass is 10.2. The number of fused-ring (bicyclic) bond motifs is 1. The number of carbonyl (C=O) groups excluding carboxylic acids is 1.